The molecule has 2 fully saturated rings. The number of aliphatic hydroxyl groups is 1. The fourth-order valence-corrected chi connectivity index (χ4v) is 2.95. The van der Waals surface area contributed by atoms with Gasteiger partial charge in [-0.1, -0.05) is 13.3 Å². The molecule has 0 aromatic carbocycles. The highest BCUT2D eigenvalue weighted by atomic mass is 16.3. The van der Waals surface area contributed by atoms with E-state index in [-0.39, 0.29) is 30.2 Å². The molecule has 2 N–H and O–H groups in total. The second-order valence-corrected chi connectivity index (χ2v) is 5.31. The minimum atomic E-state index is -0.670. The van der Waals surface area contributed by atoms with Crippen molar-refractivity contribution >= 4 is 11.8 Å². The lowest BCUT2D eigenvalue weighted by atomic mass is 9.77. The van der Waals surface area contributed by atoms with Gasteiger partial charge in [0.1, 0.15) is 0 Å². The molecule has 2 aliphatic rings. The summed E-state index contributed by atoms with van der Waals surface area (Å²) in [7, 11) is 0. The van der Waals surface area contributed by atoms with Crippen molar-refractivity contribution < 1.29 is 14.7 Å². The van der Waals surface area contributed by atoms with Crippen molar-refractivity contribution in [1.29, 1.82) is 0 Å². The first-order chi connectivity index (χ1) is 8.63. The smallest absolute Gasteiger partial charge is 0.232 e. The van der Waals surface area contributed by atoms with Crippen LogP contribution in [-0.2, 0) is 9.59 Å². The van der Waals surface area contributed by atoms with Crippen molar-refractivity contribution in [3.63, 3.8) is 0 Å². The number of rotatable bonds is 5. The Morgan fingerprint density at radius 2 is 1.94 bits per heavy atom. The molecule has 3 atom stereocenters. The number of nitrogens with one attached hydrogen (secondary N) is 1. The molecule has 18 heavy (non-hydrogen) atoms. The van der Waals surface area contributed by atoms with Crippen LogP contribution >= 0.6 is 0 Å². The summed E-state index contributed by atoms with van der Waals surface area (Å²) in [5, 5.41) is 12.8. The van der Waals surface area contributed by atoms with E-state index in [1.807, 2.05) is 6.92 Å². The molecule has 1 heterocycles. The van der Waals surface area contributed by atoms with Crippen LogP contribution in [-0.4, -0.2) is 47.6 Å². The number of likely N-dealkylation sites (tertiary alicyclic amines) is 1. The highest BCUT2D eigenvalue weighted by Crippen LogP contribution is 2.36. The summed E-state index contributed by atoms with van der Waals surface area (Å²) >= 11 is 0. The molecule has 2 bridgehead atoms. The molecule has 0 spiro atoms. The number of carbonyl (C=O) groups is 2. The van der Waals surface area contributed by atoms with Crippen molar-refractivity contribution in [2.75, 3.05) is 19.6 Å². The fourth-order valence-electron chi connectivity index (χ4n) is 2.95. The average Bonchev–Trinajstić information content (AvgIpc) is 2.40. The number of fused-ring (bicyclic) bond motifs is 2. The van der Waals surface area contributed by atoms with E-state index in [4.69, 9.17) is 0 Å². The molecule has 0 radical (unpaired) electrons. The number of β-amino-alcohol motifs (C(OH)–C–C–N with tert-alkyl or cyclic N) is 1. The number of likely N-dealkylation sites (N-methyl/N-ethyl adjacent to an activating group) is 1. The Morgan fingerprint density at radius 1 is 1.33 bits per heavy atom. The van der Waals surface area contributed by atoms with Crippen LogP contribution in [0.1, 0.15) is 32.6 Å². The number of piperidine rings is 1. The zero-order valence-electron chi connectivity index (χ0n) is 10.9. The molecule has 2 amide bonds. The van der Waals surface area contributed by atoms with Gasteiger partial charge in [0.2, 0.25) is 11.8 Å². The van der Waals surface area contributed by atoms with E-state index in [9.17, 15) is 14.7 Å². The van der Waals surface area contributed by atoms with Crippen LogP contribution in [0.3, 0.4) is 0 Å². The number of aliphatic hydroxyl groups excluding tert-OH is 1. The Labute approximate surface area is 108 Å². The van der Waals surface area contributed by atoms with Gasteiger partial charge in [0.05, 0.1) is 12.6 Å². The number of nitrogens with zero attached hydrogens (tertiary/aromatic N) is 1. The monoisotopic (exact) mass is 254 g/mol. The summed E-state index contributed by atoms with van der Waals surface area (Å²) in [6.07, 6.45) is 2.81. The van der Waals surface area contributed by atoms with Gasteiger partial charge in [-0.25, -0.2) is 0 Å². The van der Waals surface area contributed by atoms with E-state index in [0.717, 1.165) is 32.2 Å². The maximum atomic E-state index is 12.1. The first kappa shape index (κ1) is 13.5. The molecule has 2 rings (SSSR count). The second-order valence-electron chi connectivity index (χ2n) is 5.31. The molecule has 0 aromatic rings. The molecule has 5 heteroatoms. The SMILES string of the molecule is CCNCC(O)CN1C(=O)C2CCCC(C2)C1=O. The summed E-state index contributed by atoms with van der Waals surface area (Å²) in [6.45, 7) is 3.28. The molecule has 0 aromatic heterocycles. The van der Waals surface area contributed by atoms with Crippen molar-refractivity contribution in [1.82, 2.24) is 10.2 Å². The first-order valence-corrected chi connectivity index (χ1v) is 6.87. The molecule has 3 unspecified atom stereocenters. The molecule has 1 saturated carbocycles. The molecular weight excluding hydrogens is 232 g/mol. The lowest BCUT2D eigenvalue weighted by Gasteiger charge is -2.39. The minimum absolute atomic E-state index is 0.00721. The van der Waals surface area contributed by atoms with Crippen LogP contribution in [0.15, 0.2) is 0 Å². The number of hydrogen-bond donors (Lipinski definition) is 2. The van der Waals surface area contributed by atoms with Crippen LogP contribution in [0.2, 0.25) is 0 Å². The third-order valence-corrected chi connectivity index (χ3v) is 3.93. The van der Waals surface area contributed by atoms with Gasteiger partial charge >= 0.3 is 0 Å². The molecule has 1 aliphatic heterocycles. The van der Waals surface area contributed by atoms with E-state index in [1.165, 1.54) is 4.90 Å². The summed E-state index contributed by atoms with van der Waals surface area (Å²) in [6, 6.07) is 0. The van der Waals surface area contributed by atoms with Crippen LogP contribution in [0.25, 0.3) is 0 Å². The Bertz CT molecular complexity index is 310. The summed E-state index contributed by atoms with van der Waals surface area (Å²) < 4.78 is 0. The van der Waals surface area contributed by atoms with E-state index in [0.29, 0.717) is 6.54 Å². The van der Waals surface area contributed by atoms with Gasteiger partial charge < -0.3 is 10.4 Å². The molecule has 102 valence electrons. The predicted octanol–water partition coefficient (Wildman–Crippen LogP) is 0.132. The van der Waals surface area contributed by atoms with Gasteiger partial charge in [-0.15, -0.1) is 0 Å². The lowest BCUT2D eigenvalue weighted by molar-refractivity contribution is -0.159. The van der Waals surface area contributed by atoms with Crippen molar-refractivity contribution in [2.45, 2.75) is 38.7 Å². The number of imide groups is 1. The van der Waals surface area contributed by atoms with E-state index in [1.54, 1.807) is 0 Å². The van der Waals surface area contributed by atoms with Gasteiger partial charge in [-0.3, -0.25) is 14.5 Å². The van der Waals surface area contributed by atoms with Crippen LogP contribution in [0.4, 0.5) is 0 Å². The normalized spacial score (nSPS) is 29.6. The highest BCUT2D eigenvalue weighted by Gasteiger charge is 2.43. The Kier molecular flexibility index (Phi) is 4.35. The molecule has 1 aliphatic carbocycles. The van der Waals surface area contributed by atoms with Crippen molar-refractivity contribution in [2.24, 2.45) is 11.8 Å². The number of carbonyl (C=O) groups excluding carboxylic acids is 2. The lowest BCUT2D eigenvalue weighted by Crippen LogP contribution is -2.54. The predicted molar refractivity (Wildman–Crippen MR) is 66.7 cm³/mol. The minimum Gasteiger partial charge on any atom is -0.390 e. The second kappa shape index (κ2) is 5.80. The van der Waals surface area contributed by atoms with E-state index >= 15 is 0 Å². The third kappa shape index (κ3) is 2.72. The number of amides is 2. The molecule has 5 nitrogen and oxygen atoms in total. The molecule has 1 saturated heterocycles. The summed E-state index contributed by atoms with van der Waals surface area (Å²) in [4.78, 5) is 25.6. The van der Waals surface area contributed by atoms with Gasteiger partial charge in [0, 0.05) is 18.4 Å². The van der Waals surface area contributed by atoms with Gasteiger partial charge in [0.25, 0.3) is 0 Å². The zero-order valence-corrected chi connectivity index (χ0v) is 10.9. The van der Waals surface area contributed by atoms with Crippen LogP contribution in [0.5, 0.6) is 0 Å². The first-order valence-electron chi connectivity index (χ1n) is 6.87. The highest BCUT2D eigenvalue weighted by molar-refractivity contribution is 6.00. The maximum absolute atomic E-state index is 12.1. The summed E-state index contributed by atoms with van der Waals surface area (Å²) in [5.41, 5.74) is 0. The fraction of sp³-hybridized carbons (Fsp3) is 0.846. The average molecular weight is 254 g/mol. The largest absolute Gasteiger partial charge is 0.390 e. The summed E-state index contributed by atoms with van der Waals surface area (Å²) in [5.74, 6) is -0.140. The maximum Gasteiger partial charge on any atom is 0.232 e. The Morgan fingerprint density at radius 3 is 2.50 bits per heavy atom. The third-order valence-electron chi connectivity index (χ3n) is 3.93. The quantitative estimate of drug-likeness (QED) is 0.684. The van der Waals surface area contributed by atoms with Crippen LogP contribution < -0.4 is 5.32 Å². The van der Waals surface area contributed by atoms with E-state index < -0.39 is 6.10 Å². The topological polar surface area (TPSA) is 69.6 Å². The van der Waals surface area contributed by atoms with Crippen molar-refractivity contribution in [3.05, 3.63) is 0 Å². The molecular formula is C13H22N2O3. The number of hydrogen-bond acceptors (Lipinski definition) is 4. The van der Waals surface area contributed by atoms with Gasteiger partial charge in [-0.05, 0) is 25.8 Å². The Hall–Kier alpha value is -0.940. The standard InChI is InChI=1S/C13H22N2O3/c1-2-14-7-11(16)8-15-12(17)9-4-3-5-10(6-9)13(15)18/h9-11,14,16H,2-8H2,1H3. The van der Waals surface area contributed by atoms with Crippen molar-refractivity contribution in [3.8, 4) is 0 Å². The van der Waals surface area contributed by atoms with Gasteiger partial charge in [0.15, 0.2) is 0 Å². The van der Waals surface area contributed by atoms with Gasteiger partial charge in [-0.2, -0.15) is 0 Å². The Balaban J connectivity index is 1.97. The zero-order chi connectivity index (χ0) is 13.1. The van der Waals surface area contributed by atoms with Crippen LogP contribution in [0, 0.1) is 11.8 Å². The van der Waals surface area contributed by atoms with E-state index in [2.05, 4.69) is 5.32 Å².